The van der Waals surface area contributed by atoms with Crippen LogP contribution in [-0.2, 0) is 14.8 Å². The van der Waals surface area contributed by atoms with Gasteiger partial charge in [0, 0.05) is 36.2 Å². The highest BCUT2D eigenvalue weighted by atomic mass is 32.2. The zero-order chi connectivity index (χ0) is 24.6. The summed E-state index contributed by atoms with van der Waals surface area (Å²) in [5.41, 5.74) is 11.2. The van der Waals surface area contributed by atoms with Gasteiger partial charge in [-0.15, -0.1) is 0 Å². The molecule has 11 heteroatoms. The summed E-state index contributed by atoms with van der Waals surface area (Å²) in [6, 6.07) is 15.4. The van der Waals surface area contributed by atoms with Gasteiger partial charge in [0.2, 0.25) is 21.9 Å². The van der Waals surface area contributed by atoms with E-state index < -0.39 is 10.0 Å². The lowest BCUT2D eigenvalue weighted by Crippen LogP contribution is -2.36. The van der Waals surface area contributed by atoms with Gasteiger partial charge in [0.1, 0.15) is 4.90 Å². The van der Waals surface area contributed by atoms with Crippen molar-refractivity contribution in [3.05, 3.63) is 54.7 Å². The third-order valence-electron chi connectivity index (χ3n) is 6.07. The molecule has 1 saturated heterocycles. The van der Waals surface area contributed by atoms with E-state index in [0.29, 0.717) is 11.5 Å². The second-order valence-electron chi connectivity index (χ2n) is 8.06. The minimum absolute atomic E-state index is 0.0267. The number of benzene rings is 2. The van der Waals surface area contributed by atoms with Gasteiger partial charge in [0.05, 0.1) is 31.4 Å². The summed E-state index contributed by atoms with van der Waals surface area (Å²) in [5.74, 6) is 0.390. The van der Waals surface area contributed by atoms with E-state index in [9.17, 15) is 8.42 Å². The summed E-state index contributed by atoms with van der Waals surface area (Å²) >= 11 is 0. The monoisotopic (exact) mass is 494 g/mol. The van der Waals surface area contributed by atoms with Crippen LogP contribution in [0.25, 0.3) is 27.8 Å². The highest BCUT2D eigenvalue weighted by molar-refractivity contribution is 7.89. The summed E-state index contributed by atoms with van der Waals surface area (Å²) < 4.78 is 39.8. The lowest BCUT2D eigenvalue weighted by atomic mass is 10.1. The molecular weight excluding hydrogens is 468 g/mol. The number of ether oxygens (including phenoxy) is 2. The summed E-state index contributed by atoms with van der Waals surface area (Å²) in [4.78, 5) is 11.0. The largest absolute Gasteiger partial charge is 0.480 e. The van der Waals surface area contributed by atoms with E-state index in [0.717, 1.165) is 54.3 Å². The number of nitrogens with zero attached hydrogens (tertiary/aromatic N) is 4. The SMILES string of the molecule is CNS(=O)(=O)c1cc(-c2ccc3nc(N)n(-c4ccc(N5CCOCC5)cc4)c3c2)cnc1OC. The van der Waals surface area contributed by atoms with Crippen LogP contribution >= 0.6 is 0 Å². The summed E-state index contributed by atoms with van der Waals surface area (Å²) in [6.45, 7) is 3.17. The minimum Gasteiger partial charge on any atom is -0.480 e. The number of pyridine rings is 1. The first-order valence-electron chi connectivity index (χ1n) is 11.1. The van der Waals surface area contributed by atoms with Gasteiger partial charge < -0.3 is 20.1 Å². The molecule has 0 spiro atoms. The quantitative estimate of drug-likeness (QED) is 0.419. The number of hydrogen-bond acceptors (Lipinski definition) is 8. The van der Waals surface area contributed by atoms with Crippen molar-refractivity contribution in [1.82, 2.24) is 19.3 Å². The van der Waals surface area contributed by atoms with E-state index in [1.807, 2.05) is 34.9 Å². The van der Waals surface area contributed by atoms with Crippen molar-refractivity contribution in [1.29, 1.82) is 0 Å². The van der Waals surface area contributed by atoms with Crippen LogP contribution in [0.5, 0.6) is 5.88 Å². The van der Waals surface area contributed by atoms with Crippen LogP contribution in [0.2, 0.25) is 0 Å². The molecule has 5 rings (SSSR count). The van der Waals surface area contributed by atoms with Gasteiger partial charge in [-0.25, -0.2) is 23.1 Å². The molecule has 1 aliphatic rings. The molecule has 3 N–H and O–H groups in total. The van der Waals surface area contributed by atoms with Gasteiger partial charge in [-0.2, -0.15) is 0 Å². The van der Waals surface area contributed by atoms with Crippen molar-refractivity contribution in [3.8, 4) is 22.7 Å². The molecular formula is C24H26N6O4S. The molecule has 0 radical (unpaired) electrons. The van der Waals surface area contributed by atoms with E-state index in [4.69, 9.17) is 15.2 Å². The lowest BCUT2D eigenvalue weighted by molar-refractivity contribution is 0.122. The Labute approximate surface area is 203 Å². The van der Waals surface area contributed by atoms with Crippen molar-refractivity contribution >= 4 is 32.7 Å². The Balaban J connectivity index is 1.56. The van der Waals surface area contributed by atoms with Gasteiger partial charge in [0.15, 0.2) is 0 Å². The van der Waals surface area contributed by atoms with Crippen LogP contribution in [0.3, 0.4) is 0 Å². The average molecular weight is 495 g/mol. The lowest BCUT2D eigenvalue weighted by Gasteiger charge is -2.29. The van der Waals surface area contributed by atoms with Gasteiger partial charge in [0.25, 0.3) is 0 Å². The molecule has 0 atom stereocenters. The maximum Gasteiger partial charge on any atom is 0.245 e. The Bertz CT molecular complexity index is 1480. The number of anilines is 2. The molecule has 2 aromatic carbocycles. The molecule has 1 aliphatic heterocycles. The zero-order valence-electron chi connectivity index (χ0n) is 19.4. The van der Waals surface area contributed by atoms with E-state index in [1.54, 1.807) is 12.3 Å². The summed E-state index contributed by atoms with van der Waals surface area (Å²) in [5, 5.41) is 0. The van der Waals surface area contributed by atoms with Crippen LogP contribution in [0, 0.1) is 0 Å². The first-order chi connectivity index (χ1) is 16.9. The zero-order valence-corrected chi connectivity index (χ0v) is 20.2. The molecule has 0 aliphatic carbocycles. The Morgan fingerprint density at radius 1 is 1.03 bits per heavy atom. The highest BCUT2D eigenvalue weighted by Crippen LogP contribution is 2.32. The van der Waals surface area contributed by atoms with Crippen LogP contribution < -0.4 is 20.1 Å². The molecule has 0 saturated carbocycles. The number of fused-ring (bicyclic) bond motifs is 1. The molecule has 35 heavy (non-hydrogen) atoms. The maximum absolute atomic E-state index is 12.5. The van der Waals surface area contributed by atoms with E-state index >= 15 is 0 Å². The van der Waals surface area contributed by atoms with Gasteiger partial charge in [-0.1, -0.05) is 6.07 Å². The number of methoxy groups -OCH3 is 1. The number of aromatic nitrogens is 3. The molecule has 3 heterocycles. The van der Waals surface area contributed by atoms with E-state index in [-0.39, 0.29) is 10.8 Å². The Morgan fingerprint density at radius 3 is 2.43 bits per heavy atom. The molecule has 0 amide bonds. The molecule has 0 bridgehead atoms. The van der Waals surface area contributed by atoms with Crippen molar-refractivity contribution in [3.63, 3.8) is 0 Å². The van der Waals surface area contributed by atoms with Crippen molar-refractivity contribution in [2.75, 3.05) is 51.1 Å². The van der Waals surface area contributed by atoms with Crippen molar-refractivity contribution in [2.45, 2.75) is 4.90 Å². The number of imidazole rings is 1. The van der Waals surface area contributed by atoms with E-state index in [1.165, 1.54) is 14.2 Å². The Morgan fingerprint density at radius 2 is 1.74 bits per heavy atom. The van der Waals surface area contributed by atoms with Gasteiger partial charge in [-0.3, -0.25) is 4.57 Å². The Hall–Kier alpha value is -3.67. The summed E-state index contributed by atoms with van der Waals surface area (Å²) in [7, 11) is -1.03. The second-order valence-corrected chi connectivity index (χ2v) is 9.92. The molecule has 10 nitrogen and oxygen atoms in total. The topological polar surface area (TPSA) is 125 Å². The number of nitrogen functional groups attached to an aromatic ring is 1. The predicted molar refractivity (Wildman–Crippen MR) is 135 cm³/mol. The number of sulfonamides is 1. The summed E-state index contributed by atoms with van der Waals surface area (Å²) in [6.07, 6.45) is 1.58. The molecule has 1 fully saturated rings. The smallest absolute Gasteiger partial charge is 0.245 e. The molecule has 0 unspecified atom stereocenters. The fourth-order valence-electron chi connectivity index (χ4n) is 4.22. The van der Waals surface area contributed by atoms with Crippen LogP contribution in [0.15, 0.2) is 59.6 Å². The molecule has 182 valence electrons. The van der Waals surface area contributed by atoms with Gasteiger partial charge in [-0.05, 0) is 55.1 Å². The number of rotatable bonds is 6. The standard InChI is InChI=1S/C24H26N6O4S/c1-26-35(31,32)22-14-17(15-27-23(22)33-2)16-3-8-20-21(13-16)30(24(25)28-20)19-6-4-18(5-7-19)29-9-11-34-12-10-29/h3-8,13-15,26H,9-12H2,1-2H3,(H2,25,28). The van der Waals surface area contributed by atoms with Crippen molar-refractivity contribution in [2.24, 2.45) is 0 Å². The van der Waals surface area contributed by atoms with Crippen LogP contribution in [-0.4, -0.2) is 63.4 Å². The first kappa shape index (κ1) is 23.1. The number of hydrogen-bond donors (Lipinski definition) is 2. The van der Waals surface area contributed by atoms with Crippen molar-refractivity contribution < 1.29 is 17.9 Å². The second kappa shape index (κ2) is 9.17. The third kappa shape index (κ3) is 4.29. The fourth-order valence-corrected chi connectivity index (χ4v) is 5.09. The predicted octanol–water partition coefficient (Wildman–Crippen LogP) is 2.42. The molecule has 4 aromatic rings. The third-order valence-corrected chi connectivity index (χ3v) is 7.48. The van der Waals surface area contributed by atoms with Gasteiger partial charge >= 0.3 is 0 Å². The highest BCUT2D eigenvalue weighted by Gasteiger charge is 2.21. The van der Waals surface area contributed by atoms with Crippen LogP contribution in [0.1, 0.15) is 0 Å². The number of morpholine rings is 1. The minimum atomic E-state index is -3.76. The number of nitrogens with two attached hydrogens (primary N) is 1. The molecule has 2 aromatic heterocycles. The Kier molecular flexibility index (Phi) is 6.05. The number of nitrogens with one attached hydrogen (secondary N) is 1. The fraction of sp³-hybridized carbons (Fsp3) is 0.250. The maximum atomic E-state index is 12.5. The van der Waals surface area contributed by atoms with Crippen LogP contribution in [0.4, 0.5) is 11.6 Å². The first-order valence-corrected chi connectivity index (χ1v) is 12.6. The average Bonchev–Trinajstić information content (AvgIpc) is 3.23. The normalized spacial score (nSPS) is 14.4. The van der Waals surface area contributed by atoms with E-state index in [2.05, 4.69) is 31.7 Å².